The first-order valence-electron chi connectivity index (χ1n) is 10.2. The zero-order valence-corrected chi connectivity index (χ0v) is 16.3. The van der Waals surface area contributed by atoms with Crippen LogP contribution in [0.5, 0.6) is 5.75 Å². The number of nitrogens with zero attached hydrogens (tertiary/aromatic N) is 4. The number of phenolic OH excluding ortho intramolecular Hbond substituents is 1. The van der Waals surface area contributed by atoms with Crippen LogP contribution < -0.4 is 5.32 Å². The first-order chi connectivity index (χ1) is 14.8. The number of fused-ring (bicyclic) bond motifs is 2. The third-order valence-corrected chi connectivity index (χ3v) is 5.77. The van der Waals surface area contributed by atoms with Crippen LogP contribution in [0.1, 0.15) is 26.8 Å². The summed E-state index contributed by atoms with van der Waals surface area (Å²) in [5.41, 5.74) is 1.39. The number of piperidine rings is 1. The summed E-state index contributed by atoms with van der Waals surface area (Å²) in [6, 6.07) is 3.66. The number of phenols is 1. The Kier molecular flexibility index (Phi) is 4.12. The topological polar surface area (TPSA) is 75.9 Å². The third kappa shape index (κ3) is 3.17. The molecule has 2 fully saturated rings. The van der Waals surface area contributed by atoms with Gasteiger partial charge in [-0.1, -0.05) is 0 Å². The normalized spacial score (nSPS) is 32.4. The number of aromatic nitrogens is 4. The van der Waals surface area contributed by atoms with Gasteiger partial charge in [0.2, 0.25) is 0 Å². The predicted molar refractivity (Wildman–Crippen MR) is 109 cm³/mol. The van der Waals surface area contributed by atoms with Crippen molar-refractivity contribution < 1.29 is 15.3 Å². The van der Waals surface area contributed by atoms with Gasteiger partial charge >= 0.3 is 0 Å². The second kappa shape index (κ2) is 6.98. The van der Waals surface area contributed by atoms with Crippen molar-refractivity contribution in [1.29, 1.82) is 0 Å². The van der Waals surface area contributed by atoms with Crippen LogP contribution in [0.15, 0.2) is 54.9 Å². The number of hydrogen-bond acceptors (Lipinski definition) is 5. The van der Waals surface area contributed by atoms with Crippen molar-refractivity contribution in [2.45, 2.75) is 43.7 Å². The molecule has 8 heteroatoms. The monoisotopic (exact) mass is 410 g/mol. The SMILES string of the molecule is [2H][C@]12C/C(=C\c3cnc(-c4ccc(-n5ccnc5)cc4O)cn3)[C@H](F)[C@](C)(C[C@H]1F)N2. The first kappa shape index (κ1) is 17.7. The molecule has 0 saturated carbocycles. The lowest BCUT2D eigenvalue weighted by Gasteiger charge is -2.35. The second-order valence-corrected chi connectivity index (χ2v) is 8.00. The van der Waals surface area contributed by atoms with Gasteiger partial charge in [-0.15, -0.1) is 0 Å². The highest BCUT2D eigenvalue weighted by Gasteiger charge is 2.52. The molecule has 2 N–H and O–H groups in total. The Morgan fingerprint density at radius 2 is 2.20 bits per heavy atom. The summed E-state index contributed by atoms with van der Waals surface area (Å²) >= 11 is 0. The van der Waals surface area contributed by atoms with E-state index in [2.05, 4.69) is 20.3 Å². The molecule has 154 valence electrons. The van der Waals surface area contributed by atoms with E-state index in [0.717, 1.165) is 5.69 Å². The van der Waals surface area contributed by atoms with E-state index in [-0.39, 0.29) is 18.6 Å². The van der Waals surface area contributed by atoms with Crippen molar-refractivity contribution in [3.8, 4) is 22.7 Å². The fourth-order valence-electron chi connectivity index (χ4n) is 4.21. The van der Waals surface area contributed by atoms with E-state index in [9.17, 15) is 9.50 Å². The van der Waals surface area contributed by atoms with Crippen molar-refractivity contribution in [3.63, 3.8) is 0 Å². The minimum atomic E-state index is -1.51. The molecular formula is C22H21F2N5O. The van der Waals surface area contributed by atoms with E-state index >= 15 is 4.39 Å². The molecule has 0 spiro atoms. The number of alkyl halides is 2. The van der Waals surface area contributed by atoms with Gasteiger partial charge in [-0.25, -0.2) is 13.8 Å². The van der Waals surface area contributed by atoms with Gasteiger partial charge in [0.05, 0.1) is 41.3 Å². The molecule has 3 aromatic rings. The van der Waals surface area contributed by atoms with Crippen molar-refractivity contribution in [3.05, 3.63) is 60.6 Å². The van der Waals surface area contributed by atoms with Crippen LogP contribution in [0.25, 0.3) is 23.0 Å². The number of nitrogens with one attached hydrogen (secondary N) is 1. The fourth-order valence-corrected chi connectivity index (χ4v) is 4.21. The Balaban J connectivity index is 1.41. The summed E-state index contributed by atoms with van der Waals surface area (Å²) in [5, 5.41) is 13.2. The predicted octanol–water partition coefficient (Wildman–Crippen LogP) is 3.62. The molecule has 4 heterocycles. The van der Waals surface area contributed by atoms with Gasteiger partial charge in [-0.3, -0.25) is 9.97 Å². The van der Waals surface area contributed by atoms with Gasteiger partial charge in [0.15, 0.2) is 0 Å². The van der Waals surface area contributed by atoms with Gasteiger partial charge < -0.3 is 15.0 Å². The Labute approximate surface area is 173 Å². The van der Waals surface area contributed by atoms with Crippen molar-refractivity contribution in [2.75, 3.05) is 0 Å². The molecule has 2 aliphatic rings. The zero-order chi connectivity index (χ0) is 21.8. The molecule has 0 radical (unpaired) electrons. The molecule has 0 aliphatic carbocycles. The van der Waals surface area contributed by atoms with Gasteiger partial charge in [0.25, 0.3) is 0 Å². The smallest absolute Gasteiger partial charge is 0.139 e. The van der Waals surface area contributed by atoms with E-state index in [1.54, 1.807) is 48.4 Å². The van der Waals surface area contributed by atoms with Crippen molar-refractivity contribution >= 4 is 6.08 Å². The molecule has 1 aromatic carbocycles. The molecular weight excluding hydrogens is 388 g/mol. The van der Waals surface area contributed by atoms with Gasteiger partial charge in [0, 0.05) is 37.8 Å². The molecule has 2 bridgehead atoms. The van der Waals surface area contributed by atoms with Gasteiger partial charge in [0.1, 0.15) is 18.1 Å². The van der Waals surface area contributed by atoms with Crippen LogP contribution in [0.2, 0.25) is 0 Å². The summed E-state index contributed by atoms with van der Waals surface area (Å²) in [7, 11) is 0. The third-order valence-electron chi connectivity index (χ3n) is 5.77. The lowest BCUT2D eigenvalue weighted by Crippen LogP contribution is -2.53. The Bertz CT molecular complexity index is 1150. The maximum atomic E-state index is 15.0. The van der Waals surface area contributed by atoms with E-state index in [0.29, 0.717) is 22.5 Å². The maximum Gasteiger partial charge on any atom is 0.139 e. The van der Waals surface area contributed by atoms with E-state index in [1.165, 1.54) is 12.4 Å². The Morgan fingerprint density at radius 1 is 1.33 bits per heavy atom. The van der Waals surface area contributed by atoms with Gasteiger partial charge in [-0.2, -0.15) is 0 Å². The van der Waals surface area contributed by atoms with Crippen LogP contribution in [0.3, 0.4) is 0 Å². The highest BCUT2D eigenvalue weighted by Crippen LogP contribution is 2.42. The average molecular weight is 410 g/mol. The minimum absolute atomic E-state index is 0.0338. The summed E-state index contributed by atoms with van der Waals surface area (Å²) in [6.07, 6.45) is 6.66. The highest BCUT2D eigenvalue weighted by atomic mass is 19.1. The summed E-state index contributed by atoms with van der Waals surface area (Å²) in [6.45, 7) is 1.61. The van der Waals surface area contributed by atoms with Crippen LogP contribution in [-0.4, -0.2) is 48.5 Å². The largest absolute Gasteiger partial charge is 0.507 e. The molecule has 0 unspecified atom stereocenters. The Morgan fingerprint density at radius 3 is 2.90 bits per heavy atom. The number of rotatable bonds is 3. The molecule has 2 saturated heterocycles. The summed E-state index contributed by atoms with van der Waals surface area (Å²) < 4.78 is 39.4. The zero-order valence-electron chi connectivity index (χ0n) is 17.3. The molecule has 30 heavy (non-hydrogen) atoms. The standard InChI is InChI=1S/C22H21F2N5O/c1-22-9-17(23)18(28-22)7-13(21(22)24)6-14-10-27-19(11-26-14)16-3-2-15(8-20(16)30)29-5-4-25-12-29/h2-6,8,10-12,17-18,21,28,30H,7,9H2,1H3/b13-6+/t17-,18+,21+,22+/m1/s1/i18D. The van der Waals surface area contributed by atoms with Gasteiger partial charge in [-0.05, 0) is 37.1 Å². The molecule has 0 amide bonds. The lowest BCUT2D eigenvalue weighted by atomic mass is 9.86. The van der Waals surface area contributed by atoms with Crippen molar-refractivity contribution in [1.82, 2.24) is 24.8 Å². The molecule has 6 nitrogen and oxygen atoms in total. The quantitative estimate of drug-likeness (QED) is 0.690. The van der Waals surface area contributed by atoms with Crippen LogP contribution >= 0.6 is 0 Å². The van der Waals surface area contributed by atoms with Crippen LogP contribution in [0.4, 0.5) is 8.78 Å². The molecule has 2 aliphatic heterocycles. The number of benzene rings is 1. The van der Waals surface area contributed by atoms with Crippen molar-refractivity contribution in [2.24, 2.45) is 0 Å². The average Bonchev–Trinajstić information content (AvgIpc) is 3.33. The van der Waals surface area contributed by atoms with E-state index in [4.69, 9.17) is 1.37 Å². The van der Waals surface area contributed by atoms with E-state index in [1.807, 2.05) is 6.07 Å². The summed E-state index contributed by atoms with van der Waals surface area (Å²) in [5.74, 6) is 0.0448. The number of halogens is 2. The van der Waals surface area contributed by atoms with E-state index < -0.39 is 23.9 Å². The second-order valence-electron chi connectivity index (χ2n) is 8.00. The number of imidazole rings is 1. The molecule has 2 aromatic heterocycles. The summed E-state index contributed by atoms with van der Waals surface area (Å²) in [4.78, 5) is 12.7. The van der Waals surface area contributed by atoms with Crippen LogP contribution in [-0.2, 0) is 0 Å². The first-order valence-corrected chi connectivity index (χ1v) is 9.69. The number of aromatic hydroxyl groups is 1. The highest BCUT2D eigenvalue weighted by molar-refractivity contribution is 5.68. The number of hydrogen-bond donors (Lipinski definition) is 2. The Hall–Kier alpha value is -3.13. The minimum Gasteiger partial charge on any atom is -0.507 e. The maximum absolute atomic E-state index is 15.0. The fraction of sp³-hybridized carbons (Fsp3) is 0.318. The molecule has 5 rings (SSSR count). The molecule has 4 atom stereocenters. The van der Waals surface area contributed by atoms with Crippen LogP contribution in [0, 0.1) is 0 Å². The lowest BCUT2D eigenvalue weighted by molar-refractivity contribution is 0.186.